The van der Waals surface area contributed by atoms with Crippen LogP contribution in [0, 0.1) is 0 Å². The average molecular weight is 481 g/mol. The molecule has 3 aromatic carbocycles. The number of anilines is 2. The zero-order chi connectivity index (χ0) is 20.7. The van der Waals surface area contributed by atoms with Crippen LogP contribution in [0.1, 0.15) is 0 Å². The molecule has 3 aromatic rings. The molecule has 0 saturated heterocycles. The molecule has 0 aliphatic carbocycles. The van der Waals surface area contributed by atoms with Crippen molar-refractivity contribution in [1.82, 2.24) is 0 Å². The van der Waals surface area contributed by atoms with Gasteiger partial charge in [-0.05, 0) is 0 Å². The molecule has 2 nitrogen and oxygen atoms in total. The molecule has 0 spiro atoms. The third kappa shape index (κ3) is 7.22. The fraction of sp³-hybridized carbons (Fsp3) is 0.250. The molecule has 0 heterocycles. The summed E-state index contributed by atoms with van der Waals surface area (Å²) < 4.78 is 1.62. The Morgan fingerprint density at radius 3 is 1.28 bits per heavy atom. The third-order valence-electron chi connectivity index (χ3n) is 4.81. The summed E-state index contributed by atoms with van der Waals surface area (Å²) in [4.78, 5) is 10.6. The molecular weight excluding hydrogens is 447 g/mol. The van der Waals surface area contributed by atoms with Gasteiger partial charge in [-0.2, -0.15) is 0 Å². The number of rotatable bonds is 9. The first-order valence-electron chi connectivity index (χ1n) is 10.3. The van der Waals surface area contributed by atoms with Gasteiger partial charge in [0, 0.05) is 0 Å². The molecule has 0 bridgehead atoms. The van der Waals surface area contributed by atoms with Crippen LogP contribution >= 0.6 is 0 Å². The van der Waals surface area contributed by atoms with E-state index in [-0.39, 0.29) is 0 Å². The monoisotopic (exact) mass is 480 g/mol. The van der Waals surface area contributed by atoms with Gasteiger partial charge in [-0.25, -0.2) is 0 Å². The van der Waals surface area contributed by atoms with Crippen LogP contribution in [0.3, 0.4) is 0 Å². The number of para-hydroxylation sites is 2. The summed E-state index contributed by atoms with van der Waals surface area (Å²) in [7, 11) is -3.15. The molecule has 0 fully saturated rings. The second kappa shape index (κ2) is 9.84. The standard InChI is InChI=1S/C24H33AsN2Si2/c1-28(2,26-23-16-10-6-11-17-23)20-25(22-14-8-5-9-15-22)21-29(3,4)27-24-18-12-7-13-19-24/h5-19,26-27H,20-21H2,1-4H3. The van der Waals surface area contributed by atoms with Gasteiger partial charge >= 0.3 is 184 Å². The van der Waals surface area contributed by atoms with Crippen molar-refractivity contribution in [2.24, 2.45) is 0 Å². The number of benzene rings is 3. The maximum absolute atomic E-state index is 3.92. The van der Waals surface area contributed by atoms with E-state index in [4.69, 9.17) is 0 Å². The van der Waals surface area contributed by atoms with Crippen molar-refractivity contribution < 1.29 is 0 Å². The van der Waals surface area contributed by atoms with E-state index in [0.717, 1.165) is 0 Å². The molecule has 3 rings (SSSR count). The van der Waals surface area contributed by atoms with Gasteiger partial charge in [0.25, 0.3) is 0 Å². The van der Waals surface area contributed by atoms with Crippen LogP contribution in [-0.4, -0.2) is 31.1 Å². The molecule has 0 atom stereocenters. The molecular formula is C24H33AsN2Si2. The summed E-state index contributed by atoms with van der Waals surface area (Å²) in [6.07, 6.45) is 0. The van der Waals surface area contributed by atoms with Crippen LogP contribution in [0.5, 0.6) is 0 Å². The van der Waals surface area contributed by atoms with E-state index in [9.17, 15) is 0 Å². The van der Waals surface area contributed by atoms with Crippen molar-refractivity contribution in [3.05, 3.63) is 91.0 Å². The number of nitrogens with one attached hydrogen (secondary N) is 2. The summed E-state index contributed by atoms with van der Waals surface area (Å²) >= 11 is -1.21. The summed E-state index contributed by atoms with van der Waals surface area (Å²) in [5.41, 5.74) is 2.54. The zero-order valence-electron chi connectivity index (χ0n) is 18.0. The Kier molecular flexibility index (Phi) is 7.45. The Hall–Kier alpha value is -1.75. The Morgan fingerprint density at radius 1 is 0.552 bits per heavy atom. The Bertz CT molecular complexity index is 816. The Morgan fingerprint density at radius 2 is 0.897 bits per heavy atom. The fourth-order valence-corrected chi connectivity index (χ4v) is 27.2. The average Bonchev–Trinajstić information content (AvgIpc) is 2.68. The molecule has 5 heteroatoms. The predicted octanol–water partition coefficient (Wildman–Crippen LogP) is 6.10. The van der Waals surface area contributed by atoms with E-state index in [0.29, 0.717) is 0 Å². The second-order valence-electron chi connectivity index (χ2n) is 8.94. The van der Waals surface area contributed by atoms with E-state index in [1.807, 2.05) is 0 Å². The molecule has 0 saturated carbocycles. The third-order valence-corrected chi connectivity index (χ3v) is 26.0. The van der Waals surface area contributed by atoms with Gasteiger partial charge in [0.2, 0.25) is 0 Å². The first-order chi connectivity index (χ1) is 13.8. The normalized spacial score (nSPS) is 12.0. The topological polar surface area (TPSA) is 24.1 Å². The van der Waals surface area contributed by atoms with Crippen molar-refractivity contribution in [2.75, 3.05) is 9.96 Å². The minimum atomic E-state index is -1.57. The van der Waals surface area contributed by atoms with Gasteiger partial charge in [-0.1, -0.05) is 0 Å². The van der Waals surface area contributed by atoms with Crippen LogP contribution in [0.4, 0.5) is 11.4 Å². The van der Waals surface area contributed by atoms with Crippen LogP contribution in [-0.2, 0) is 0 Å². The van der Waals surface area contributed by atoms with E-state index in [1.165, 1.54) is 21.0 Å². The van der Waals surface area contributed by atoms with Crippen LogP contribution < -0.4 is 14.3 Å². The van der Waals surface area contributed by atoms with Crippen molar-refractivity contribution in [3.8, 4) is 0 Å². The second-order valence-corrected chi connectivity index (χ2v) is 24.9. The molecule has 0 unspecified atom stereocenters. The van der Waals surface area contributed by atoms with Gasteiger partial charge in [-0.15, -0.1) is 0 Å². The number of hydrogen-bond acceptors (Lipinski definition) is 2. The van der Waals surface area contributed by atoms with Gasteiger partial charge in [0.15, 0.2) is 0 Å². The predicted molar refractivity (Wildman–Crippen MR) is 137 cm³/mol. The molecule has 2 N–H and O–H groups in total. The molecule has 0 aliphatic rings. The summed E-state index contributed by atoms with van der Waals surface area (Å²) in [6.45, 7) is 9.96. The van der Waals surface area contributed by atoms with Gasteiger partial charge < -0.3 is 0 Å². The molecule has 0 radical (unpaired) electrons. The quantitative estimate of drug-likeness (QED) is 0.362. The van der Waals surface area contributed by atoms with E-state index in [2.05, 4.69) is 127 Å². The SMILES string of the molecule is C[Si](C)(C[As](C[Si](C)(C)Nc1ccccc1)c1ccccc1)Nc1ccccc1. The van der Waals surface area contributed by atoms with E-state index in [1.54, 1.807) is 4.35 Å². The van der Waals surface area contributed by atoms with Crippen LogP contribution in [0.25, 0.3) is 0 Å². The Labute approximate surface area is 183 Å². The molecule has 29 heavy (non-hydrogen) atoms. The summed E-state index contributed by atoms with van der Waals surface area (Å²) in [6, 6.07) is 32.8. The van der Waals surface area contributed by atoms with Crippen LogP contribution in [0.2, 0.25) is 35.9 Å². The molecule has 0 aliphatic heterocycles. The van der Waals surface area contributed by atoms with Gasteiger partial charge in [0.05, 0.1) is 0 Å². The van der Waals surface area contributed by atoms with E-state index >= 15 is 0 Å². The van der Waals surface area contributed by atoms with Crippen molar-refractivity contribution in [2.45, 2.75) is 35.9 Å². The van der Waals surface area contributed by atoms with Crippen LogP contribution in [0.15, 0.2) is 91.0 Å². The summed E-state index contributed by atoms with van der Waals surface area (Å²) in [5, 5.41) is 0. The van der Waals surface area contributed by atoms with Gasteiger partial charge in [-0.3, -0.25) is 0 Å². The molecule has 0 amide bonds. The van der Waals surface area contributed by atoms with Crippen molar-refractivity contribution >= 4 is 46.8 Å². The first-order valence-corrected chi connectivity index (χ1v) is 20.3. The summed E-state index contributed by atoms with van der Waals surface area (Å²) in [5.74, 6) is 0. The first kappa shape index (κ1) is 21.9. The fourth-order valence-electron chi connectivity index (χ4n) is 3.74. The number of hydrogen-bond donors (Lipinski definition) is 2. The van der Waals surface area contributed by atoms with E-state index < -0.39 is 31.1 Å². The molecule has 152 valence electrons. The zero-order valence-corrected chi connectivity index (χ0v) is 21.9. The van der Waals surface area contributed by atoms with Crippen molar-refractivity contribution in [1.29, 1.82) is 0 Å². The maximum atomic E-state index is 3.92. The van der Waals surface area contributed by atoms with Crippen molar-refractivity contribution in [3.63, 3.8) is 0 Å². The molecule has 0 aromatic heterocycles. The van der Waals surface area contributed by atoms with Gasteiger partial charge in [0.1, 0.15) is 0 Å². The minimum absolute atomic E-state index is 1.21. The Balaban J connectivity index is 1.77.